The number of H-pyrrole nitrogens is 1. The molecule has 0 aliphatic heterocycles. The molecule has 0 saturated heterocycles. The molecule has 0 atom stereocenters. The molecule has 0 amide bonds. The molecule has 5 heteroatoms. The fourth-order valence-electron chi connectivity index (χ4n) is 6.51. The van der Waals surface area contributed by atoms with Gasteiger partial charge in [-0.05, 0) is 61.8 Å². The fourth-order valence-corrected chi connectivity index (χ4v) is 7.47. The highest BCUT2D eigenvalue weighted by Crippen LogP contribution is 2.55. The maximum absolute atomic E-state index is 12.9. The second-order valence-corrected chi connectivity index (χ2v) is 10.1. The van der Waals surface area contributed by atoms with Gasteiger partial charge in [0.15, 0.2) is 0 Å². The number of fused-ring (bicyclic) bond motifs is 1. The predicted molar refractivity (Wildman–Crippen MR) is 113 cm³/mol. The second-order valence-electron chi connectivity index (χ2n) is 9.26. The summed E-state index contributed by atoms with van der Waals surface area (Å²) >= 11 is 1.56. The van der Waals surface area contributed by atoms with E-state index in [4.69, 9.17) is 4.98 Å². The van der Waals surface area contributed by atoms with E-state index in [1.807, 2.05) is 30.3 Å². The topological polar surface area (TPSA) is 57.8 Å². The molecule has 4 aliphatic carbocycles. The molecule has 4 bridgehead atoms. The zero-order valence-electron chi connectivity index (χ0n) is 15.9. The molecule has 3 aromatic rings. The Labute approximate surface area is 168 Å². The van der Waals surface area contributed by atoms with Crippen LogP contribution in [0.25, 0.3) is 21.3 Å². The molecule has 4 nitrogen and oxygen atoms in total. The quantitative estimate of drug-likeness (QED) is 0.677. The molecule has 144 valence electrons. The first kappa shape index (κ1) is 16.9. The third-order valence-electron chi connectivity index (χ3n) is 7.25. The van der Waals surface area contributed by atoms with Crippen molar-refractivity contribution in [2.45, 2.75) is 50.6 Å². The molecule has 2 aromatic heterocycles. The number of hydrogen-bond acceptors (Lipinski definition) is 4. The molecule has 1 aromatic carbocycles. The first-order valence-electron chi connectivity index (χ1n) is 10.5. The number of aromatic amines is 1. The van der Waals surface area contributed by atoms with Crippen LogP contribution in [0.5, 0.6) is 0 Å². The summed E-state index contributed by atoms with van der Waals surface area (Å²) in [6.07, 6.45) is 8.26. The standard InChI is InChI=1S/C23H25N3OS/c27-21-20-18(17-4-2-1-3-5-17)13-28-22(20)26-19(25-21)12-24-23-9-14-6-15(10-23)8-16(7-14)11-23/h1-5,13-16,24H,6-12H2,(H,25,26,27). The summed E-state index contributed by atoms with van der Waals surface area (Å²) in [5, 5.41) is 6.62. The lowest BCUT2D eigenvalue weighted by Gasteiger charge is -2.57. The Hall–Kier alpha value is -1.98. The van der Waals surface area contributed by atoms with Crippen molar-refractivity contribution in [2.75, 3.05) is 0 Å². The third-order valence-corrected chi connectivity index (χ3v) is 8.12. The number of thiophene rings is 1. The van der Waals surface area contributed by atoms with Gasteiger partial charge in [0.25, 0.3) is 5.56 Å². The van der Waals surface area contributed by atoms with E-state index in [-0.39, 0.29) is 11.1 Å². The van der Waals surface area contributed by atoms with Gasteiger partial charge in [0, 0.05) is 16.5 Å². The largest absolute Gasteiger partial charge is 0.309 e. The average Bonchev–Trinajstić information content (AvgIpc) is 3.11. The lowest BCUT2D eigenvalue weighted by Crippen LogP contribution is -2.58. The monoisotopic (exact) mass is 391 g/mol. The van der Waals surface area contributed by atoms with Crippen LogP contribution in [-0.2, 0) is 6.54 Å². The van der Waals surface area contributed by atoms with E-state index in [0.29, 0.717) is 6.54 Å². The highest BCUT2D eigenvalue weighted by atomic mass is 32.1. The number of aromatic nitrogens is 2. The summed E-state index contributed by atoms with van der Waals surface area (Å²) in [6, 6.07) is 10.1. The van der Waals surface area contributed by atoms with Gasteiger partial charge in [-0.3, -0.25) is 4.79 Å². The van der Waals surface area contributed by atoms with Gasteiger partial charge in [-0.2, -0.15) is 0 Å². The molecule has 4 fully saturated rings. The van der Waals surface area contributed by atoms with Crippen molar-refractivity contribution >= 4 is 21.6 Å². The summed E-state index contributed by atoms with van der Waals surface area (Å²) in [4.78, 5) is 21.6. The lowest BCUT2D eigenvalue weighted by molar-refractivity contribution is -0.0209. The van der Waals surface area contributed by atoms with Crippen molar-refractivity contribution in [3.05, 3.63) is 51.9 Å². The van der Waals surface area contributed by atoms with Crippen LogP contribution >= 0.6 is 11.3 Å². The van der Waals surface area contributed by atoms with Crippen LogP contribution in [0.3, 0.4) is 0 Å². The van der Waals surface area contributed by atoms with E-state index in [2.05, 4.69) is 15.7 Å². The molecule has 7 rings (SSSR count). The molecule has 2 heterocycles. The number of hydrogen-bond donors (Lipinski definition) is 2. The number of benzene rings is 1. The summed E-state index contributed by atoms with van der Waals surface area (Å²) in [6.45, 7) is 0.663. The minimum absolute atomic E-state index is 0.0209. The van der Waals surface area contributed by atoms with E-state index >= 15 is 0 Å². The minimum atomic E-state index is -0.0209. The van der Waals surface area contributed by atoms with Crippen LogP contribution in [0.2, 0.25) is 0 Å². The van der Waals surface area contributed by atoms with Crippen LogP contribution in [-0.4, -0.2) is 15.5 Å². The Kier molecular flexibility index (Phi) is 3.78. The van der Waals surface area contributed by atoms with E-state index in [9.17, 15) is 4.79 Å². The molecule has 0 spiro atoms. The lowest BCUT2D eigenvalue weighted by atomic mass is 9.53. The Bertz CT molecular complexity index is 1050. The molecule has 4 saturated carbocycles. The second kappa shape index (κ2) is 6.26. The van der Waals surface area contributed by atoms with Crippen molar-refractivity contribution in [1.82, 2.24) is 15.3 Å². The number of nitrogens with one attached hydrogen (secondary N) is 2. The maximum Gasteiger partial charge on any atom is 0.260 e. The van der Waals surface area contributed by atoms with Crippen LogP contribution in [0.4, 0.5) is 0 Å². The molecule has 2 N–H and O–H groups in total. The smallest absolute Gasteiger partial charge is 0.260 e. The molecular formula is C23H25N3OS. The van der Waals surface area contributed by atoms with Gasteiger partial charge in [-0.25, -0.2) is 4.98 Å². The molecular weight excluding hydrogens is 366 g/mol. The van der Waals surface area contributed by atoms with E-state index in [1.54, 1.807) is 11.3 Å². The fraction of sp³-hybridized carbons (Fsp3) is 0.478. The molecule has 28 heavy (non-hydrogen) atoms. The van der Waals surface area contributed by atoms with Gasteiger partial charge in [-0.15, -0.1) is 11.3 Å². The van der Waals surface area contributed by atoms with Crippen LogP contribution in [0, 0.1) is 17.8 Å². The average molecular weight is 392 g/mol. The third kappa shape index (κ3) is 2.75. The van der Waals surface area contributed by atoms with Gasteiger partial charge in [-0.1, -0.05) is 30.3 Å². The highest BCUT2D eigenvalue weighted by Gasteiger charge is 2.50. The van der Waals surface area contributed by atoms with E-state index < -0.39 is 0 Å². The van der Waals surface area contributed by atoms with Crippen molar-refractivity contribution in [1.29, 1.82) is 0 Å². The summed E-state index contributed by atoms with van der Waals surface area (Å²) in [5.41, 5.74) is 2.32. The van der Waals surface area contributed by atoms with Crippen molar-refractivity contribution in [3.63, 3.8) is 0 Å². The normalized spacial score (nSPS) is 30.9. The van der Waals surface area contributed by atoms with E-state index in [1.165, 1.54) is 38.5 Å². The minimum Gasteiger partial charge on any atom is -0.309 e. The van der Waals surface area contributed by atoms with Crippen LogP contribution in [0.1, 0.15) is 44.3 Å². The van der Waals surface area contributed by atoms with Crippen molar-refractivity contribution in [3.8, 4) is 11.1 Å². The molecule has 4 aliphatic rings. The van der Waals surface area contributed by atoms with Gasteiger partial charge in [0.2, 0.25) is 0 Å². The summed E-state index contributed by atoms with van der Waals surface area (Å²) < 4.78 is 0. The first-order chi connectivity index (χ1) is 13.7. The SMILES string of the molecule is O=c1[nH]c(CNC23CC4CC(CC(C4)C2)C3)nc2scc(-c3ccccc3)c12. The zero-order chi connectivity index (χ0) is 18.7. The van der Waals surface area contributed by atoms with E-state index in [0.717, 1.165) is 44.9 Å². The van der Waals surface area contributed by atoms with Crippen molar-refractivity contribution < 1.29 is 0 Å². The maximum atomic E-state index is 12.9. The van der Waals surface area contributed by atoms with Gasteiger partial charge in [0.05, 0.1) is 11.9 Å². The van der Waals surface area contributed by atoms with Gasteiger partial charge < -0.3 is 10.3 Å². The first-order valence-corrected chi connectivity index (χ1v) is 11.4. The summed E-state index contributed by atoms with van der Waals surface area (Å²) in [7, 11) is 0. The Morgan fingerprint density at radius 2 is 1.75 bits per heavy atom. The highest BCUT2D eigenvalue weighted by molar-refractivity contribution is 7.17. The Balaban J connectivity index is 1.28. The molecule has 0 radical (unpaired) electrons. The van der Waals surface area contributed by atoms with Crippen LogP contribution in [0.15, 0.2) is 40.5 Å². The van der Waals surface area contributed by atoms with Gasteiger partial charge in [0.1, 0.15) is 10.7 Å². The Morgan fingerprint density at radius 3 is 2.43 bits per heavy atom. The predicted octanol–water partition coefficient (Wildman–Crippen LogP) is 4.71. The van der Waals surface area contributed by atoms with Gasteiger partial charge >= 0.3 is 0 Å². The van der Waals surface area contributed by atoms with Crippen molar-refractivity contribution in [2.24, 2.45) is 17.8 Å². The Morgan fingerprint density at radius 1 is 1.07 bits per heavy atom. The summed E-state index contributed by atoms with van der Waals surface area (Å²) in [5.74, 6) is 3.52. The molecule has 0 unspecified atom stereocenters. The number of nitrogens with zero attached hydrogens (tertiary/aromatic N) is 1. The number of rotatable bonds is 4. The van der Waals surface area contributed by atoms with Crippen LogP contribution < -0.4 is 10.9 Å². The zero-order valence-corrected chi connectivity index (χ0v) is 16.7.